The molecular formula is C19H22N4O2. The number of pyridine rings is 1. The Morgan fingerprint density at radius 2 is 1.92 bits per heavy atom. The van der Waals surface area contributed by atoms with E-state index in [9.17, 15) is 9.90 Å². The number of carboxylic acid groups (broad SMARTS) is 1. The number of nitrogens with zero attached hydrogens (tertiary/aromatic N) is 4. The van der Waals surface area contributed by atoms with Gasteiger partial charge in [0.15, 0.2) is 0 Å². The second-order valence-corrected chi connectivity index (χ2v) is 6.03. The van der Waals surface area contributed by atoms with Crippen LogP contribution in [0.4, 0.5) is 16.2 Å². The Morgan fingerprint density at radius 3 is 2.56 bits per heavy atom. The molecule has 2 aromatic heterocycles. The van der Waals surface area contributed by atoms with Gasteiger partial charge in [0, 0.05) is 43.3 Å². The highest BCUT2D eigenvalue weighted by Crippen LogP contribution is 2.28. The fraction of sp³-hybridized carbons (Fsp3) is 0.263. The smallest absolute Gasteiger partial charge is 0.411 e. The topological polar surface area (TPSA) is 61.6 Å². The van der Waals surface area contributed by atoms with Gasteiger partial charge in [0.2, 0.25) is 0 Å². The Balaban J connectivity index is 2.11. The van der Waals surface area contributed by atoms with Gasteiger partial charge in [0.1, 0.15) is 0 Å². The summed E-state index contributed by atoms with van der Waals surface area (Å²) in [4.78, 5) is 16.5. The Morgan fingerprint density at radius 1 is 1.20 bits per heavy atom. The zero-order chi connectivity index (χ0) is 18.0. The Hall–Kier alpha value is -3.02. The first-order valence-electron chi connectivity index (χ1n) is 8.29. The molecule has 0 aliphatic rings. The second kappa shape index (κ2) is 6.84. The Labute approximate surface area is 146 Å². The van der Waals surface area contributed by atoms with Crippen LogP contribution in [-0.4, -0.2) is 34.5 Å². The van der Waals surface area contributed by atoms with Crippen molar-refractivity contribution in [2.24, 2.45) is 0 Å². The van der Waals surface area contributed by atoms with E-state index in [0.29, 0.717) is 5.69 Å². The standard InChI is InChI=1S/C19H22N4O2/c1-4-11-22(15-7-9-20-10-8-15)23-13-14(2)17-12-16(5-6-18(17)23)21(3)19(24)25/h5-10,12-13H,4,11H2,1-3H3,(H,24,25). The predicted molar refractivity (Wildman–Crippen MR) is 100 cm³/mol. The summed E-state index contributed by atoms with van der Waals surface area (Å²) in [5.74, 6) is 0. The molecule has 1 amide bonds. The van der Waals surface area contributed by atoms with Crippen molar-refractivity contribution in [2.45, 2.75) is 20.3 Å². The van der Waals surface area contributed by atoms with Crippen LogP contribution in [0.15, 0.2) is 48.9 Å². The molecule has 0 radical (unpaired) electrons. The highest BCUT2D eigenvalue weighted by molar-refractivity contribution is 5.92. The highest BCUT2D eigenvalue weighted by Gasteiger charge is 2.15. The number of amides is 1. The summed E-state index contributed by atoms with van der Waals surface area (Å²) in [6, 6.07) is 9.71. The molecule has 0 aliphatic heterocycles. The number of rotatable bonds is 5. The van der Waals surface area contributed by atoms with Crippen molar-refractivity contribution in [1.82, 2.24) is 9.66 Å². The fourth-order valence-corrected chi connectivity index (χ4v) is 2.97. The zero-order valence-electron chi connectivity index (χ0n) is 14.7. The van der Waals surface area contributed by atoms with Gasteiger partial charge in [-0.25, -0.2) is 4.79 Å². The number of benzene rings is 1. The fourth-order valence-electron chi connectivity index (χ4n) is 2.97. The summed E-state index contributed by atoms with van der Waals surface area (Å²) in [6.45, 7) is 5.05. The number of hydrogen-bond donors (Lipinski definition) is 1. The van der Waals surface area contributed by atoms with Crippen LogP contribution in [-0.2, 0) is 0 Å². The number of anilines is 2. The normalized spacial score (nSPS) is 10.8. The third kappa shape index (κ3) is 3.15. The van der Waals surface area contributed by atoms with Gasteiger partial charge in [0.05, 0.1) is 11.2 Å². The van der Waals surface area contributed by atoms with Crippen LogP contribution in [0.3, 0.4) is 0 Å². The van der Waals surface area contributed by atoms with Crippen LogP contribution in [0.5, 0.6) is 0 Å². The third-order valence-electron chi connectivity index (χ3n) is 4.30. The summed E-state index contributed by atoms with van der Waals surface area (Å²) in [5.41, 5.74) is 3.88. The van der Waals surface area contributed by atoms with Gasteiger partial charge in [0.25, 0.3) is 0 Å². The van der Waals surface area contributed by atoms with Crippen LogP contribution in [0.25, 0.3) is 10.9 Å². The summed E-state index contributed by atoms with van der Waals surface area (Å²) in [6.07, 6.45) is 5.69. The molecule has 25 heavy (non-hydrogen) atoms. The van der Waals surface area contributed by atoms with Gasteiger partial charge >= 0.3 is 6.09 Å². The van der Waals surface area contributed by atoms with E-state index in [0.717, 1.165) is 35.1 Å². The number of aryl methyl sites for hydroxylation is 1. The zero-order valence-corrected chi connectivity index (χ0v) is 14.7. The van der Waals surface area contributed by atoms with Crippen molar-refractivity contribution in [1.29, 1.82) is 0 Å². The highest BCUT2D eigenvalue weighted by atomic mass is 16.4. The van der Waals surface area contributed by atoms with E-state index in [1.807, 2.05) is 37.3 Å². The molecule has 1 N–H and O–H groups in total. The third-order valence-corrected chi connectivity index (χ3v) is 4.30. The maximum atomic E-state index is 11.2. The lowest BCUT2D eigenvalue weighted by Crippen LogP contribution is -2.29. The van der Waals surface area contributed by atoms with Crippen LogP contribution in [0.2, 0.25) is 0 Å². The molecule has 0 unspecified atom stereocenters. The van der Waals surface area contributed by atoms with Crippen molar-refractivity contribution in [3.63, 3.8) is 0 Å². The van der Waals surface area contributed by atoms with Crippen molar-refractivity contribution in [3.8, 4) is 0 Å². The lowest BCUT2D eigenvalue weighted by atomic mass is 10.1. The minimum Gasteiger partial charge on any atom is -0.465 e. The van der Waals surface area contributed by atoms with Gasteiger partial charge in [-0.05, 0) is 49.2 Å². The van der Waals surface area contributed by atoms with Gasteiger partial charge in [-0.3, -0.25) is 19.6 Å². The molecule has 0 bridgehead atoms. The van der Waals surface area contributed by atoms with Crippen LogP contribution in [0.1, 0.15) is 18.9 Å². The molecule has 0 saturated heterocycles. The first-order valence-corrected chi connectivity index (χ1v) is 8.29. The molecule has 130 valence electrons. The Kier molecular flexibility index (Phi) is 4.61. The van der Waals surface area contributed by atoms with Crippen molar-refractivity contribution in [3.05, 3.63) is 54.5 Å². The van der Waals surface area contributed by atoms with Crippen molar-refractivity contribution >= 4 is 28.4 Å². The summed E-state index contributed by atoms with van der Waals surface area (Å²) >= 11 is 0. The van der Waals surface area contributed by atoms with Crippen LogP contribution in [0, 0.1) is 6.92 Å². The van der Waals surface area contributed by atoms with Gasteiger partial charge in [-0.15, -0.1) is 0 Å². The lowest BCUT2D eigenvalue weighted by Gasteiger charge is -2.26. The maximum absolute atomic E-state index is 11.2. The average molecular weight is 338 g/mol. The average Bonchev–Trinajstić information content (AvgIpc) is 2.95. The molecule has 1 aromatic carbocycles. The van der Waals surface area contributed by atoms with Crippen molar-refractivity contribution in [2.75, 3.05) is 23.5 Å². The van der Waals surface area contributed by atoms with Gasteiger partial charge < -0.3 is 5.11 Å². The molecule has 0 fully saturated rings. The molecule has 3 rings (SSSR count). The number of hydrogen-bond acceptors (Lipinski definition) is 3. The monoisotopic (exact) mass is 338 g/mol. The minimum absolute atomic E-state index is 0.659. The molecule has 3 aromatic rings. The van der Waals surface area contributed by atoms with E-state index in [1.54, 1.807) is 19.4 Å². The predicted octanol–water partition coefficient (Wildman–Crippen LogP) is 4.14. The van der Waals surface area contributed by atoms with Gasteiger partial charge in [-0.2, -0.15) is 0 Å². The van der Waals surface area contributed by atoms with Crippen molar-refractivity contribution < 1.29 is 9.90 Å². The molecule has 6 heteroatoms. The van der Waals surface area contributed by atoms with E-state index in [4.69, 9.17) is 0 Å². The number of aromatic nitrogens is 2. The quantitative estimate of drug-likeness (QED) is 0.759. The first-order chi connectivity index (χ1) is 12.0. The molecule has 0 atom stereocenters. The van der Waals surface area contributed by atoms with Gasteiger partial charge in [-0.1, -0.05) is 6.92 Å². The van der Waals surface area contributed by atoms with Crippen LogP contribution >= 0.6 is 0 Å². The van der Waals surface area contributed by atoms with E-state index >= 15 is 0 Å². The molecule has 6 nitrogen and oxygen atoms in total. The van der Waals surface area contributed by atoms with E-state index in [1.165, 1.54) is 4.90 Å². The molecule has 2 heterocycles. The minimum atomic E-state index is -0.971. The van der Waals surface area contributed by atoms with E-state index in [2.05, 4.69) is 27.8 Å². The number of fused-ring (bicyclic) bond motifs is 1. The Bertz CT molecular complexity index is 889. The van der Waals surface area contributed by atoms with E-state index in [-0.39, 0.29) is 0 Å². The lowest BCUT2D eigenvalue weighted by molar-refractivity contribution is 0.203. The first kappa shape index (κ1) is 16.8. The molecular weight excluding hydrogens is 316 g/mol. The SMILES string of the molecule is CCCN(c1ccncc1)n1cc(C)c2cc(N(C)C(=O)O)ccc21. The molecule has 0 saturated carbocycles. The molecule has 0 spiro atoms. The summed E-state index contributed by atoms with van der Waals surface area (Å²) < 4.78 is 2.13. The largest absolute Gasteiger partial charge is 0.465 e. The maximum Gasteiger partial charge on any atom is 0.411 e. The second-order valence-electron chi connectivity index (χ2n) is 6.03. The summed E-state index contributed by atoms with van der Waals surface area (Å²) in [5, 5.41) is 12.4. The van der Waals surface area contributed by atoms with E-state index < -0.39 is 6.09 Å². The summed E-state index contributed by atoms with van der Waals surface area (Å²) in [7, 11) is 1.55. The number of carbonyl (C=O) groups is 1. The van der Waals surface area contributed by atoms with Crippen LogP contribution < -0.4 is 9.91 Å². The molecule has 0 aliphatic carbocycles.